The predicted octanol–water partition coefficient (Wildman–Crippen LogP) is 4.56. The summed E-state index contributed by atoms with van der Waals surface area (Å²) in [5, 5.41) is 0. The van der Waals surface area contributed by atoms with Gasteiger partial charge in [0.1, 0.15) is 0 Å². The van der Waals surface area contributed by atoms with Gasteiger partial charge in [0.2, 0.25) is 0 Å². The van der Waals surface area contributed by atoms with Crippen molar-refractivity contribution in [2.45, 2.75) is 32.1 Å². The molecule has 0 aliphatic heterocycles. The maximum atomic E-state index is 3.76. The average Bonchev–Trinajstić information content (AvgIpc) is 3.02. The zero-order chi connectivity index (χ0) is 12.0. The molecule has 0 radical (unpaired) electrons. The second-order valence-electron chi connectivity index (χ2n) is 5.53. The quantitative estimate of drug-likeness (QED) is 0.399. The summed E-state index contributed by atoms with van der Waals surface area (Å²) in [6.07, 6.45) is 15.5. The molecule has 2 heteroatoms. The molecule has 0 heterocycles. The average molecular weight is 344 g/mol. The smallest absolute Gasteiger partial charge is 0.245 e. The minimum atomic E-state index is 0. The Morgan fingerprint density at radius 3 is 2.12 bits per heavy atom. The fourth-order valence-corrected chi connectivity index (χ4v) is 1.55. The molecule has 0 unspecified atom stereocenters. The van der Waals surface area contributed by atoms with E-state index in [1.165, 1.54) is 32.1 Å². The maximum absolute atomic E-state index is 3.76. The zero-order valence-corrected chi connectivity index (χ0v) is 13.9. The van der Waals surface area contributed by atoms with E-state index < -0.39 is 0 Å². The van der Waals surface area contributed by atoms with Crippen LogP contribution in [0.2, 0.25) is 0 Å². The van der Waals surface area contributed by atoms with Crippen LogP contribution in [0.3, 0.4) is 0 Å². The van der Waals surface area contributed by atoms with Crippen LogP contribution in [-0.4, -0.2) is 20.0 Å². The van der Waals surface area contributed by atoms with Crippen molar-refractivity contribution in [1.29, 1.82) is 0 Å². The molecule has 2 aliphatic carbocycles. The van der Waals surface area contributed by atoms with E-state index in [-0.39, 0.29) is 28.3 Å². The van der Waals surface area contributed by atoms with Crippen molar-refractivity contribution in [3.63, 3.8) is 0 Å². The number of allylic oxidation sites excluding steroid dienone is 4. The van der Waals surface area contributed by atoms with E-state index in [9.17, 15) is 0 Å². The molecule has 0 aromatic heterocycles. The molecule has 0 aromatic carbocycles. The first-order chi connectivity index (χ1) is 7.58. The molecule has 100 valence electrons. The summed E-state index contributed by atoms with van der Waals surface area (Å²) in [7, 11) is 0.120. The Morgan fingerprint density at radius 2 is 1.76 bits per heavy atom. The van der Waals surface area contributed by atoms with Crippen LogP contribution in [0.25, 0.3) is 0 Å². The van der Waals surface area contributed by atoms with Crippen molar-refractivity contribution in [3.8, 4) is 0 Å². The van der Waals surface area contributed by atoms with Crippen molar-refractivity contribution in [1.82, 2.24) is 0 Å². The third-order valence-electron chi connectivity index (χ3n) is 2.78. The Labute approximate surface area is 123 Å². The minimum absolute atomic E-state index is 0. The van der Waals surface area contributed by atoms with Crippen LogP contribution in [0.15, 0.2) is 24.3 Å². The third kappa shape index (κ3) is 8.96. The summed E-state index contributed by atoms with van der Waals surface area (Å²) in [5.74, 6) is 1.63. The van der Waals surface area contributed by atoms with Crippen LogP contribution in [0.4, 0.5) is 0 Å². The molecular formula is C15H26PPd+. The summed E-state index contributed by atoms with van der Waals surface area (Å²) < 4.78 is 0. The first-order valence-corrected chi connectivity index (χ1v) is 9.33. The van der Waals surface area contributed by atoms with E-state index in [2.05, 4.69) is 45.1 Å². The normalized spacial score (nSPS) is 20.1. The van der Waals surface area contributed by atoms with E-state index in [0.29, 0.717) is 5.41 Å². The van der Waals surface area contributed by atoms with E-state index >= 15 is 0 Å². The van der Waals surface area contributed by atoms with E-state index in [1.807, 2.05) is 6.08 Å². The van der Waals surface area contributed by atoms with Gasteiger partial charge in [0.05, 0.1) is 0 Å². The van der Waals surface area contributed by atoms with Gasteiger partial charge in [-0.25, -0.2) is 37.1 Å². The SMILES string of the molecule is C[PH+](C)C.[CH2-]/C=C/C1(C/C=C/[C-]2CC2)CC1.[Pd+2]. The molecule has 0 saturated heterocycles. The van der Waals surface area contributed by atoms with Crippen molar-refractivity contribution >= 4 is 7.92 Å². The largest absolute Gasteiger partial charge is 2.00 e. The van der Waals surface area contributed by atoms with Crippen LogP contribution < -0.4 is 0 Å². The fraction of sp³-hybridized carbons (Fsp3) is 0.600. The summed E-state index contributed by atoms with van der Waals surface area (Å²) >= 11 is 0. The standard InChI is InChI=1S/C12H16.C3H9P.Pd/c1-2-7-12(9-10-12)8-3-4-11-5-6-11;1-4(2)3;/h2-4,7H,1,5-6,8-10H2;1-3H3;/q-2;;+2/p+1/b4-3+,7-2+;;. The molecule has 0 N–H and O–H groups in total. The molecule has 2 fully saturated rings. The van der Waals surface area contributed by atoms with Gasteiger partial charge in [-0.3, -0.25) is 0 Å². The first-order valence-electron chi connectivity index (χ1n) is 6.33. The Morgan fingerprint density at radius 1 is 1.24 bits per heavy atom. The predicted molar refractivity (Wildman–Crippen MR) is 78.5 cm³/mol. The zero-order valence-electron chi connectivity index (χ0n) is 11.4. The maximum Gasteiger partial charge on any atom is 2.00 e. The van der Waals surface area contributed by atoms with Gasteiger partial charge in [0, 0.05) is 20.0 Å². The van der Waals surface area contributed by atoms with Gasteiger partial charge < -0.3 is 0 Å². The van der Waals surface area contributed by atoms with E-state index in [1.54, 1.807) is 5.92 Å². The van der Waals surface area contributed by atoms with E-state index in [4.69, 9.17) is 0 Å². The second kappa shape index (κ2) is 8.42. The van der Waals surface area contributed by atoms with Crippen LogP contribution >= 0.6 is 7.92 Å². The van der Waals surface area contributed by atoms with Gasteiger partial charge in [-0.15, -0.1) is 19.3 Å². The second-order valence-corrected chi connectivity index (χ2v) is 8.53. The molecule has 2 saturated carbocycles. The van der Waals surface area contributed by atoms with Crippen molar-refractivity contribution in [2.24, 2.45) is 5.41 Å². The summed E-state index contributed by atoms with van der Waals surface area (Å²) in [6, 6.07) is 0. The van der Waals surface area contributed by atoms with Crippen LogP contribution in [0.5, 0.6) is 0 Å². The van der Waals surface area contributed by atoms with Crippen molar-refractivity contribution < 1.29 is 20.4 Å². The Bertz CT molecular complexity index is 245. The number of rotatable bonds is 4. The number of hydrogen-bond donors (Lipinski definition) is 0. The Kier molecular flexibility index (Phi) is 8.58. The molecule has 0 atom stereocenters. The number of hydrogen-bond acceptors (Lipinski definition) is 0. The Hall–Kier alpha value is 0.312. The minimum Gasteiger partial charge on any atom is -0.245 e. The molecule has 0 aromatic rings. The fourth-order valence-electron chi connectivity index (χ4n) is 1.55. The van der Waals surface area contributed by atoms with Gasteiger partial charge >= 0.3 is 20.4 Å². The monoisotopic (exact) mass is 343 g/mol. The van der Waals surface area contributed by atoms with Crippen molar-refractivity contribution in [2.75, 3.05) is 20.0 Å². The van der Waals surface area contributed by atoms with Gasteiger partial charge in [-0.2, -0.15) is 0 Å². The van der Waals surface area contributed by atoms with Gasteiger partial charge in [-0.05, 0) is 7.92 Å². The van der Waals surface area contributed by atoms with Gasteiger partial charge in [-0.1, -0.05) is 18.3 Å². The summed E-state index contributed by atoms with van der Waals surface area (Å²) in [4.78, 5) is 0. The molecule has 0 bridgehead atoms. The molecule has 2 rings (SSSR count). The molecule has 0 nitrogen and oxygen atoms in total. The van der Waals surface area contributed by atoms with Crippen LogP contribution in [0, 0.1) is 18.3 Å². The Balaban J connectivity index is 0.000000453. The van der Waals surface area contributed by atoms with Crippen molar-refractivity contribution in [3.05, 3.63) is 37.1 Å². The molecule has 17 heavy (non-hydrogen) atoms. The summed E-state index contributed by atoms with van der Waals surface area (Å²) in [5.41, 5.74) is 0.522. The summed E-state index contributed by atoms with van der Waals surface area (Å²) in [6.45, 7) is 10.6. The van der Waals surface area contributed by atoms with Gasteiger partial charge in [0.25, 0.3) is 0 Å². The van der Waals surface area contributed by atoms with Crippen LogP contribution in [0.1, 0.15) is 32.1 Å². The molecule has 0 spiro atoms. The third-order valence-corrected chi connectivity index (χ3v) is 2.78. The van der Waals surface area contributed by atoms with Crippen LogP contribution in [-0.2, 0) is 20.4 Å². The van der Waals surface area contributed by atoms with E-state index in [0.717, 1.165) is 0 Å². The molecule has 0 amide bonds. The molecular weight excluding hydrogens is 318 g/mol. The first kappa shape index (κ1) is 17.3. The van der Waals surface area contributed by atoms with Gasteiger partial charge in [0.15, 0.2) is 0 Å². The topological polar surface area (TPSA) is 0 Å². The molecule has 2 aliphatic rings.